The van der Waals surface area contributed by atoms with Crippen molar-refractivity contribution in [2.45, 2.75) is 13.5 Å². The third-order valence-corrected chi connectivity index (χ3v) is 2.57. The Kier molecular flexibility index (Phi) is 4.47. The first-order chi connectivity index (χ1) is 9.17. The van der Waals surface area contributed by atoms with Crippen LogP contribution in [-0.4, -0.2) is 6.54 Å². The Hall–Kier alpha value is -1.94. The molecule has 0 aliphatic rings. The molecule has 0 unspecified atom stereocenters. The Morgan fingerprint density at radius 2 is 1.58 bits per heavy atom. The topological polar surface area (TPSA) is 21.3 Å². The van der Waals surface area contributed by atoms with Gasteiger partial charge >= 0.3 is 0 Å². The van der Waals surface area contributed by atoms with Gasteiger partial charge in [0.15, 0.2) is 0 Å². The van der Waals surface area contributed by atoms with Gasteiger partial charge in [0.05, 0.1) is 0 Å². The summed E-state index contributed by atoms with van der Waals surface area (Å²) in [4.78, 5) is 0. The van der Waals surface area contributed by atoms with Gasteiger partial charge < -0.3 is 10.1 Å². The highest BCUT2D eigenvalue weighted by molar-refractivity contribution is 5.33. The normalized spacial score (nSPS) is 10.5. The molecular weight excluding hydrogens is 248 g/mol. The van der Waals surface area contributed by atoms with Crippen molar-refractivity contribution >= 4 is 0 Å². The molecule has 0 bridgehead atoms. The van der Waals surface area contributed by atoms with Crippen molar-refractivity contribution in [1.82, 2.24) is 5.32 Å². The van der Waals surface area contributed by atoms with Crippen molar-refractivity contribution in [3.05, 3.63) is 59.7 Å². The molecule has 0 fully saturated rings. The molecule has 0 aliphatic carbocycles. The molecule has 0 heterocycles. The lowest BCUT2D eigenvalue weighted by Gasteiger charge is -2.07. The van der Waals surface area contributed by atoms with Crippen LogP contribution in [0.15, 0.2) is 42.5 Å². The van der Waals surface area contributed by atoms with E-state index in [-0.39, 0.29) is 5.75 Å². The number of halogens is 2. The number of benzene rings is 2. The Bertz CT molecular complexity index is 520. The first kappa shape index (κ1) is 13.5. The van der Waals surface area contributed by atoms with Crippen LogP contribution < -0.4 is 10.1 Å². The smallest absolute Gasteiger partial charge is 0.133 e. The van der Waals surface area contributed by atoms with E-state index in [1.807, 2.05) is 19.1 Å². The molecule has 19 heavy (non-hydrogen) atoms. The zero-order chi connectivity index (χ0) is 13.7. The van der Waals surface area contributed by atoms with Crippen molar-refractivity contribution in [3.63, 3.8) is 0 Å². The minimum atomic E-state index is -0.654. The molecule has 0 aliphatic heterocycles. The molecule has 1 N–H and O–H groups in total. The molecule has 2 rings (SSSR count). The zero-order valence-corrected chi connectivity index (χ0v) is 10.6. The largest absolute Gasteiger partial charge is 0.457 e. The van der Waals surface area contributed by atoms with Gasteiger partial charge in [-0.3, -0.25) is 0 Å². The molecule has 2 nitrogen and oxygen atoms in total. The highest BCUT2D eigenvalue weighted by Crippen LogP contribution is 2.23. The Morgan fingerprint density at radius 1 is 0.947 bits per heavy atom. The molecule has 0 saturated carbocycles. The first-order valence-corrected chi connectivity index (χ1v) is 6.11. The van der Waals surface area contributed by atoms with Crippen molar-refractivity contribution in [3.8, 4) is 11.5 Å². The fourth-order valence-corrected chi connectivity index (χ4v) is 1.67. The van der Waals surface area contributed by atoms with E-state index in [1.165, 1.54) is 0 Å². The van der Waals surface area contributed by atoms with Crippen LogP contribution in [0.3, 0.4) is 0 Å². The van der Waals surface area contributed by atoms with Gasteiger partial charge in [0.2, 0.25) is 0 Å². The number of hydrogen-bond acceptors (Lipinski definition) is 2. The molecule has 0 radical (unpaired) electrons. The van der Waals surface area contributed by atoms with Crippen LogP contribution in [0.4, 0.5) is 8.78 Å². The minimum Gasteiger partial charge on any atom is -0.457 e. The monoisotopic (exact) mass is 263 g/mol. The number of hydrogen-bond donors (Lipinski definition) is 1. The van der Waals surface area contributed by atoms with Crippen LogP contribution in [0.2, 0.25) is 0 Å². The van der Waals surface area contributed by atoms with E-state index in [0.717, 1.165) is 36.9 Å². The van der Waals surface area contributed by atoms with E-state index in [0.29, 0.717) is 5.75 Å². The number of rotatable bonds is 5. The summed E-state index contributed by atoms with van der Waals surface area (Å²) in [6, 6.07) is 10.5. The molecule has 0 aromatic heterocycles. The van der Waals surface area contributed by atoms with Crippen molar-refractivity contribution in [1.29, 1.82) is 0 Å². The molecule has 0 atom stereocenters. The molecule has 0 spiro atoms. The van der Waals surface area contributed by atoms with Crippen LogP contribution in [0, 0.1) is 11.6 Å². The van der Waals surface area contributed by atoms with Crippen molar-refractivity contribution < 1.29 is 13.5 Å². The molecule has 2 aromatic carbocycles. The van der Waals surface area contributed by atoms with Crippen LogP contribution in [-0.2, 0) is 6.54 Å². The lowest BCUT2D eigenvalue weighted by molar-refractivity contribution is 0.468. The fourth-order valence-electron chi connectivity index (χ4n) is 1.67. The second kappa shape index (κ2) is 6.29. The summed E-state index contributed by atoms with van der Waals surface area (Å²) >= 11 is 0. The Balaban J connectivity index is 2.06. The van der Waals surface area contributed by atoms with E-state index < -0.39 is 11.6 Å². The summed E-state index contributed by atoms with van der Waals surface area (Å²) in [5.41, 5.74) is 1.12. The average molecular weight is 263 g/mol. The van der Waals surface area contributed by atoms with E-state index >= 15 is 0 Å². The molecule has 2 aromatic rings. The molecule has 4 heteroatoms. The van der Waals surface area contributed by atoms with Crippen LogP contribution >= 0.6 is 0 Å². The van der Waals surface area contributed by atoms with Crippen LogP contribution in [0.5, 0.6) is 11.5 Å². The van der Waals surface area contributed by atoms with Crippen molar-refractivity contribution in [2.75, 3.05) is 6.54 Å². The van der Waals surface area contributed by atoms with Crippen LogP contribution in [0.25, 0.3) is 0 Å². The summed E-state index contributed by atoms with van der Waals surface area (Å²) in [7, 11) is 0. The summed E-state index contributed by atoms with van der Waals surface area (Å²) in [5, 5.41) is 3.21. The third kappa shape index (κ3) is 4.03. The maximum Gasteiger partial charge on any atom is 0.133 e. The predicted octanol–water partition coefficient (Wildman–Crippen LogP) is 3.87. The second-order valence-corrected chi connectivity index (χ2v) is 4.13. The highest BCUT2D eigenvalue weighted by Gasteiger charge is 2.03. The van der Waals surface area contributed by atoms with Gasteiger partial charge in [-0.2, -0.15) is 0 Å². The highest BCUT2D eigenvalue weighted by atomic mass is 19.1. The maximum atomic E-state index is 13.0. The molecular formula is C15H15F2NO. The number of ether oxygens (including phenoxy) is 1. The zero-order valence-electron chi connectivity index (χ0n) is 10.6. The minimum absolute atomic E-state index is 0.150. The quantitative estimate of drug-likeness (QED) is 0.884. The summed E-state index contributed by atoms with van der Waals surface area (Å²) in [6.07, 6.45) is 0. The molecule has 0 saturated heterocycles. The third-order valence-electron chi connectivity index (χ3n) is 2.57. The van der Waals surface area contributed by atoms with E-state index in [1.54, 1.807) is 12.1 Å². The van der Waals surface area contributed by atoms with Gasteiger partial charge in [-0.25, -0.2) is 8.78 Å². The van der Waals surface area contributed by atoms with Gasteiger partial charge in [-0.1, -0.05) is 19.1 Å². The predicted molar refractivity (Wildman–Crippen MR) is 70.3 cm³/mol. The standard InChI is InChI=1S/C15H15F2NO/c1-2-18-10-11-3-5-14(6-4-11)19-15-8-12(16)7-13(17)9-15/h3-9,18H,2,10H2,1H3. The fraction of sp³-hybridized carbons (Fsp3) is 0.200. The van der Waals surface area contributed by atoms with E-state index in [2.05, 4.69) is 5.32 Å². The SMILES string of the molecule is CCNCc1ccc(Oc2cc(F)cc(F)c2)cc1. The lowest BCUT2D eigenvalue weighted by Crippen LogP contribution is -2.11. The molecule has 0 amide bonds. The number of nitrogens with one attached hydrogen (secondary N) is 1. The van der Waals surface area contributed by atoms with Crippen molar-refractivity contribution in [2.24, 2.45) is 0 Å². The molecule has 100 valence electrons. The van der Waals surface area contributed by atoms with E-state index in [4.69, 9.17) is 4.74 Å². The summed E-state index contributed by atoms with van der Waals surface area (Å²) in [6.45, 7) is 3.72. The first-order valence-electron chi connectivity index (χ1n) is 6.11. The van der Waals surface area contributed by atoms with Gasteiger partial charge in [0, 0.05) is 24.7 Å². The van der Waals surface area contributed by atoms with Gasteiger partial charge in [-0.05, 0) is 24.2 Å². The summed E-state index contributed by atoms with van der Waals surface area (Å²) in [5.74, 6) is -0.611. The van der Waals surface area contributed by atoms with E-state index in [9.17, 15) is 8.78 Å². The maximum absolute atomic E-state index is 13.0. The van der Waals surface area contributed by atoms with Crippen LogP contribution in [0.1, 0.15) is 12.5 Å². The summed E-state index contributed by atoms with van der Waals surface area (Å²) < 4.78 is 31.4. The Labute approximate surface area is 111 Å². The van der Waals surface area contributed by atoms with Gasteiger partial charge in [0.25, 0.3) is 0 Å². The van der Waals surface area contributed by atoms with Gasteiger partial charge in [0.1, 0.15) is 23.1 Å². The Morgan fingerprint density at radius 3 is 2.16 bits per heavy atom. The average Bonchev–Trinajstić information content (AvgIpc) is 2.37. The van der Waals surface area contributed by atoms with Gasteiger partial charge in [-0.15, -0.1) is 0 Å². The lowest BCUT2D eigenvalue weighted by atomic mass is 10.2. The second-order valence-electron chi connectivity index (χ2n) is 4.13.